The Morgan fingerprint density at radius 3 is 2.86 bits per heavy atom. The van der Waals surface area contributed by atoms with E-state index in [0.29, 0.717) is 5.92 Å². The maximum atomic E-state index is 6.17. The molecule has 0 amide bonds. The highest BCUT2D eigenvalue weighted by Gasteiger charge is 2.24. The van der Waals surface area contributed by atoms with E-state index >= 15 is 0 Å². The predicted octanol–water partition coefficient (Wildman–Crippen LogP) is 1.19. The SMILES string of the molecule is Cn1nncc1C1CCCCCC1N. The third-order valence-corrected chi connectivity index (χ3v) is 3.20. The van der Waals surface area contributed by atoms with Gasteiger partial charge in [0.15, 0.2) is 0 Å². The Morgan fingerprint density at radius 1 is 1.36 bits per heavy atom. The van der Waals surface area contributed by atoms with Gasteiger partial charge in [-0.15, -0.1) is 5.10 Å². The van der Waals surface area contributed by atoms with E-state index in [-0.39, 0.29) is 6.04 Å². The van der Waals surface area contributed by atoms with Gasteiger partial charge >= 0.3 is 0 Å². The second kappa shape index (κ2) is 4.09. The molecule has 0 aromatic carbocycles. The third kappa shape index (κ3) is 1.80. The molecule has 78 valence electrons. The second-order valence-corrected chi connectivity index (χ2v) is 4.19. The van der Waals surface area contributed by atoms with E-state index in [1.807, 2.05) is 17.9 Å². The predicted molar refractivity (Wildman–Crippen MR) is 54.8 cm³/mol. The van der Waals surface area contributed by atoms with Crippen LogP contribution in [0.4, 0.5) is 0 Å². The van der Waals surface area contributed by atoms with Gasteiger partial charge in [-0.1, -0.05) is 24.5 Å². The number of rotatable bonds is 1. The third-order valence-electron chi connectivity index (χ3n) is 3.20. The van der Waals surface area contributed by atoms with Crippen LogP contribution >= 0.6 is 0 Å². The van der Waals surface area contributed by atoms with Crippen molar-refractivity contribution in [3.63, 3.8) is 0 Å². The average molecular weight is 194 g/mol. The summed E-state index contributed by atoms with van der Waals surface area (Å²) in [5.74, 6) is 0.456. The van der Waals surface area contributed by atoms with Gasteiger partial charge in [-0.2, -0.15) is 0 Å². The van der Waals surface area contributed by atoms with Crippen LogP contribution in [0, 0.1) is 0 Å². The fraction of sp³-hybridized carbons (Fsp3) is 0.800. The molecule has 0 radical (unpaired) electrons. The van der Waals surface area contributed by atoms with Crippen LogP contribution in [0.3, 0.4) is 0 Å². The summed E-state index contributed by atoms with van der Waals surface area (Å²) in [6.45, 7) is 0. The molecule has 1 aromatic rings. The molecule has 0 spiro atoms. The zero-order valence-corrected chi connectivity index (χ0v) is 8.69. The number of hydrogen-bond donors (Lipinski definition) is 1. The number of aromatic nitrogens is 3. The van der Waals surface area contributed by atoms with Crippen LogP contribution in [-0.2, 0) is 7.05 Å². The molecule has 14 heavy (non-hydrogen) atoms. The minimum absolute atomic E-state index is 0.287. The van der Waals surface area contributed by atoms with Crippen LogP contribution in [0.1, 0.15) is 43.7 Å². The number of nitrogens with zero attached hydrogens (tertiary/aromatic N) is 3. The van der Waals surface area contributed by atoms with E-state index < -0.39 is 0 Å². The first-order chi connectivity index (χ1) is 6.79. The molecule has 4 heteroatoms. The molecule has 2 rings (SSSR count). The Bertz CT molecular complexity index is 294. The molecule has 1 aliphatic rings. The summed E-state index contributed by atoms with van der Waals surface area (Å²) in [5.41, 5.74) is 7.36. The monoisotopic (exact) mass is 194 g/mol. The number of aryl methyl sites for hydroxylation is 1. The van der Waals surface area contributed by atoms with Gasteiger partial charge in [0.25, 0.3) is 0 Å². The lowest BCUT2D eigenvalue weighted by molar-refractivity contribution is 0.474. The summed E-state index contributed by atoms with van der Waals surface area (Å²) in [5, 5.41) is 7.89. The molecule has 1 aliphatic carbocycles. The van der Waals surface area contributed by atoms with Crippen molar-refractivity contribution in [1.82, 2.24) is 15.0 Å². The number of hydrogen-bond acceptors (Lipinski definition) is 3. The fourth-order valence-electron chi connectivity index (χ4n) is 2.34. The first-order valence-corrected chi connectivity index (χ1v) is 5.39. The van der Waals surface area contributed by atoms with Gasteiger partial charge in [0.1, 0.15) is 0 Å². The van der Waals surface area contributed by atoms with Crippen molar-refractivity contribution in [1.29, 1.82) is 0 Å². The van der Waals surface area contributed by atoms with Crippen molar-refractivity contribution in [2.75, 3.05) is 0 Å². The average Bonchev–Trinajstić information content (AvgIpc) is 2.46. The minimum atomic E-state index is 0.287. The van der Waals surface area contributed by atoms with Gasteiger partial charge in [0.2, 0.25) is 0 Å². The van der Waals surface area contributed by atoms with E-state index in [1.165, 1.54) is 31.4 Å². The van der Waals surface area contributed by atoms with Gasteiger partial charge in [0, 0.05) is 19.0 Å². The van der Waals surface area contributed by atoms with Crippen molar-refractivity contribution >= 4 is 0 Å². The molecule has 2 unspecified atom stereocenters. The summed E-state index contributed by atoms with van der Waals surface area (Å²) >= 11 is 0. The van der Waals surface area contributed by atoms with Gasteiger partial charge in [-0.05, 0) is 12.8 Å². The van der Waals surface area contributed by atoms with E-state index in [4.69, 9.17) is 5.73 Å². The van der Waals surface area contributed by atoms with Crippen LogP contribution < -0.4 is 5.73 Å². The Balaban J connectivity index is 2.19. The van der Waals surface area contributed by atoms with Crippen LogP contribution in [0.2, 0.25) is 0 Å². The molecule has 2 atom stereocenters. The quantitative estimate of drug-likeness (QED) is 0.683. The molecule has 1 saturated carbocycles. The van der Waals surface area contributed by atoms with Crippen molar-refractivity contribution in [2.45, 2.75) is 44.1 Å². The molecule has 2 N–H and O–H groups in total. The normalized spacial score (nSPS) is 28.7. The summed E-state index contributed by atoms with van der Waals surface area (Å²) in [6.07, 6.45) is 8.04. The van der Waals surface area contributed by atoms with Crippen LogP contribution in [-0.4, -0.2) is 21.0 Å². The molecular formula is C10H18N4. The first-order valence-electron chi connectivity index (χ1n) is 5.39. The Morgan fingerprint density at radius 2 is 2.14 bits per heavy atom. The van der Waals surface area contributed by atoms with E-state index in [1.54, 1.807) is 0 Å². The van der Waals surface area contributed by atoms with E-state index in [9.17, 15) is 0 Å². The summed E-state index contributed by atoms with van der Waals surface area (Å²) in [4.78, 5) is 0. The molecule has 0 bridgehead atoms. The fourth-order valence-corrected chi connectivity index (χ4v) is 2.34. The van der Waals surface area contributed by atoms with Crippen LogP contribution in [0.15, 0.2) is 6.20 Å². The highest BCUT2D eigenvalue weighted by atomic mass is 15.4. The smallest absolute Gasteiger partial charge is 0.0728 e. The van der Waals surface area contributed by atoms with Gasteiger partial charge in [-0.25, -0.2) is 0 Å². The highest BCUT2D eigenvalue weighted by Crippen LogP contribution is 2.29. The van der Waals surface area contributed by atoms with Crippen LogP contribution in [0.5, 0.6) is 0 Å². The molecule has 1 aromatic heterocycles. The summed E-state index contributed by atoms with van der Waals surface area (Å²) < 4.78 is 1.86. The summed E-state index contributed by atoms with van der Waals surface area (Å²) in [7, 11) is 1.94. The zero-order valence-electron chi connectivity index (χ0n) is 8.69. The van der Waals surface area contributed by atoms with E-state index in [2.05, 4.69) is 10.3 Å². The zero-order chi connectivity index (χ0) is 9.97. The molecule has 0 saturated heterocycles. The van der Waals surface area contributed by atoms with Gasteiger partial charge < -0.3 is 5.73 Å². The van der Waals surface area contributed by atoms with Crippen molar-refractivity contribution < 1.29 is 0 Å². The van der Waals surface area contributed by atoms with Gasteiger partial charge in [-0.3, -0.25) is 4.68 Å². The van der Waals surface area contributed by atoms with Crippen molar-refractivity contribution in [3.05, 3.63) is 11.9 Å². The number of nitrogens with two attached hydrogens (primary N) is 1. The topological polar surface area (TPSA) is 56.7 Å². The maximum Gasteiger partial charge on any atom is 0.0728 e. The largest absolute Gasteiger partial charge is 0.327 e. The molecule has 1 heterocycles. The lowest BCUT2D eigenvalue weighted by atomic mass is 9.92. The second-order valence-electron chi connectivity index (χ2n) is 4.19. The van der Waals surface area contributed by atoms with Gasteiger partial charge in [0.05, 0.1) is 11.9 Å². The standard InChI is InChI=1S/C10H18N4/c1-14-10(7-12-13-14)8-5-3-2-4-6-9(8)11/h7-9H,2-6,11H2,1H3. The highest BCUT2D eigenvalue weighted by molar-refractivity contribution is 5.07. The van der Waals surface area contributed by atoms with Crippen molar-refractivity contribution in [2.24, 2.45) is 12.8 Å². The molecular weight excluding hydrogens is 176 g/mol. The Hall–Kier alpha value is -0.900. The van der Waals surface area contributed by atoms with Crippen molar-refractivity contribution in [3.8, 4) is 0 Å². The van der Waals surface area contributed by atoms with Crippen LogP contribution in [0.25, 0.3) is 0 Å². The molecule has 0 aliphatic heterocycles. The first kappa shape index (κ1) is 9.65. The lowest BCUT2D eigenvalue weighted by Gasteiger charge is -2.20. The maximum absolute atomic E-state index is 6.17. The van der Waals surface area contributed by atoms with E-state index in [0.717, 1.165) is 6.42 Å². The summed E-state index contributed by atoms with van der Waals surface area (Å²) in [6, 6.07) is 0.287. The lowest BCUT2D eigenvalue weighted by Crippen LogP contribution is -2.28. The molecule has 4 nitrogen and oxygen atoms in total. The Kier molecular flexibility index (Phi) is 2.82. The molecule has 1 fully saturated rings. The Labute approximate surface area is 84.5 Å². The minimum Gasteiger partial charge on any atom is -0.327 e.